The second kappa shape index (κ2) is 7.17. The van der Waals surface area contributed by atoms with E-state index in [0.29, 0.717) is 17.8 Å². The number of benzene rings is 1. The molecule has 0 saturated carbocycles. The van der Waals surface area contributed by atoms with E-state index in [0.717, 1.165) is 49.9 Å². The van der Waals surface area contributed by atoms with Gasteiger partial charge < -0.3 is 15.1 Å². The highest BCUT2D eigenvalue weighted by Crippen LogP contribution is 2.38. The monoisotopic (exact) mass is 379 g/mol. The topological polar surface area (TPSA) is 61.4 Å². The molecule has 1 saturated heterocycles. The van der Waals surface area contributed by atoms with Crippen molar-refractivity contribution in [3.8, 4) is 0 Å². The Morgan fingerprint density at radius 2 is 1.68 bits per heavy atom. The predicted molar refractivity (Wildman–Crippen MR) is 113 cm³/mol. The molecule has 0 bridgehead atoms. The second-order valence-electron chi connectivity index (χ2n) is 8.92. The fourth-order valence-corrected chi connectivity index (χ4v) is 3.97. The Kier molecular flexibility index (Phi) is 4.83. The van der Waals surface area contributed by atoms with Crippen LogP contribution in [0.15, 0.2) is 24.3 Å². The number of carbonyl (C=O) groups excluding carboxylic acids is 1. The van der Waals surface area contributed by atoms with E-state index < -0.39 is 0 Å². The summed E-state index contributed by atoms with van der Waals surface area (Å²) in [5, 5.41) is 3.40. The first-order valence-electron chi connectivity index (χ1n) is 10.0. The first-order valence-corrected chi connectivity index (χ1v) is 10.0. The van der Waals surface area contributed by atoms with Crippen LogP contribution in [0.25, 0.3) is 0 Å². The molecule has 2 heterocycles. The summed E-state index contributed by atoms with van der Waals surface area (Å²) in [5.41, 5.74) is 3.61. The first kappa shape index (κ1) is 18.9. The van der Waals surface area contributed by atoms with Gasteiger partial charge in [-0.15, -0.1) is 0 Å². The molecule has 6 nitrogen and oxygen atoms in total. The Labute approximate surface area is 167 Å². The van der Waals surface area contributed by atoms with Crippen LogP contribution in [0.1, 0.15) is 41.9 Å². The van der Waals surface area contributed by atoms with Crippen LogP contribution in [0.4, 0.5) is 17.5 Å². The molecule has 1 N–H and O–H groups in total. The Bertz CT molecular complexity index is 883. The highest BCUT2D eigenvalue weighted by atomic mass is 16.1. The summed E-state index contributed by atoms with van der Waals surface area (Å²) in [6, 6.07) is 8.16. The maximum Gasteiger partial charge on any atom is 0.227 e. The number of aryl methyl sites for hydroxylation is 1. The van der Waals surface area contributed by atoms with Crippen LogP contribution >= 0.6 is 0 Å². The zero-order chi connectivity index (χ0) is 19.9. The van der Waals surface area contributed by atoms with E-state index in [2.05, 4.69) is 55.1 Å². The first-order chi connectivity index (χ1) is 13.3. The van der Waals surface area contributed by atoms with Crippen LogP contribution in [-0.2, 0) is 6.42 Å². The Morgan fingerprint density at radius 3 is 2.36 bits per heavy atom. The molecule has 2 aliphatic rings. The van der Waals surface area contributed by atoms with Crippen molar-refractivity contribution in [2.45, 2.75) is 33.6 Å². The van der Waals surface area contributed by atoms with Gasteiger partial charge in [0.25, 0.3) is 0 Å². The van der Waals surface area contributed by atoms with Crippen LogP contribution in [0.3, 0.4) is 0 Å². The maximum atomic E-state index is 13.0. The van der Waals surface area contributed by atoms with Gasteiger partial charge in [0.15, 0.2) is 5.78 Å². The summed E-state index contributed by atoms with van der Waals surface area (Å²) < 4.78 is 0. The molecule has 1 aliphatic heterocycles. The number of fused-ring (bicyclic) bond motifs is 1. The molecule has 1 aromatic carbocycles. The van der Waals surface area contributed by atoms with Gasteiger partial charge >= 0.3 is 0 Å². The summed E-state index contributed by atoms with van der Waals surface area (Å²) in [4.78, 5) is 27.2. The van der Waals surface area contributed by atoms with Crippen LogP contribution in [0, 0.1) is 12.3 Å². The predicted octanol–water partition coefficient (Wildman–Crippen LogP) is 3.44. The molecule has 0 spiro atoms. The largest absolute Gasteiger partial charge is 0.339 e. The van der Waals surface area contributed by atoms with Gasteiger partial charge in [-0.1, -0.05) is 31.5 Å². The molecule has 0 atom stereocenters. The second-order valence-corrected chi connectivity index (χ2v) is 8.92. The molecule has 2 aromatic rings. The van der Waals surface area contributed by atoms with Gasteiger partial charge in [0, 0.05) is 38.3 Å². The van der Waals surface area contributed by atoms with Crippen LogP contribution in [0.5, 0.6) is 0 Å². The fraction of sp³-hybridized carbons (Fsp3) is 0.500. The van der Waals surface area contributed by atoms with E-state index in [4.69, 9.17) is 9.97 Å². The molecule has 1 fully saturated rings. The van der Waals surface area contributed by atoms with Crippen LogP contribution < -0.4 is 10.2 Å². The van der Waals surface area contributed by atoms with Crippen molar-refractivity contribution in [1.82, 2.24) is 14.9 Å². The molecule has 1 aliphatic carbocycles. The van der Waals surface area contributed by atoms with Crippen molar-refractivity contribution in [1.29, 1.82) is 0 Å². The summed E-state index contributed by atoms with van der Waals surface area (Å²) >= 11 is 0. The molecule has 1 aromatic heterocycles. The number of hydrogen-bond donors (Lipinski definition) is 1. The summed E-state index contributed by atoms with van der Waals surface area (Å²) in [6.07, 6.45) is 1.32. The lowest BCUT2D eigenvalue weighted by molar-refractivity contribution is 0.0911. The number of aromatic nitrogens is 2. The number of rotatable bonds is 3. The number of nitrogens with one attached hydrogen (secondary N) is 1. The molecule has 0 amide bonds. The lowest BCUT2D eigenvalue weighted by Crippen LogP contribution is -2.45. The summed E-state index contributed by atoms with van der Waals surface area (Å²) in [7, 11) is 2.14. The van der Waals surface area contributed by atoms with E-state index in [-0.39, 0.29) is 11.2 Å². The average molecular weight is 380 g/mol. The number of likely N-dealkylation sites (N-methyl/N-ethyl adjacent to an activating group) is 1. The number of Topliss-reactive ketones (excluding diaryl/α,β-unsaturated/α-hetero) is 1. The van der Waals surface area contributed by atoms with Crippen molar-refractivity contribution < 1.29 is 4.79 Å². The minimum atomic E-state index is -0.0705. The van der Waals surface area contributed by atoms with Gasteiger partial charge in [-0.3, -0.25) is 4.79 Å². The normalized spacial score (nSPS) is 19.4. The van der Waals surface area contributed by atoms with Crippen molar-refractivity contribution in [3.05, 3.63) is 41.1 Å². The Hall–Kier alpha value is -2.47. The third-order valence-corrected chi connectivity index (χ3v) is 5.64. The zero-order valence-electron chi connectivity index (χ0n) is 17.2. The zero-order valence-corrected chi connectivity index (χ0v) is 17.2. The van der Waals surface area contributed by atoms with Crippen molar-refractivity contribution >= 4 is 23.2 Å². The number of ketones is 1. The fourth-order valence-electron chi connectivity index (χ4n) is 3.97. The number of carbonyl (C=O) groups is 1. The molecule has 0 radical (unpaired) electrons. The molecule has 148 valence electrons. The Morgan fingerprint density at radius 1 is 1.00 bits per heavy atom. The van der Waals surface area contributed by atoms with Gasteiger partial charge in [-0.05, 0) is 37.9 Å². The smallest absolute Gasteiger partial charge is 0.227 e. The van der Waals surface area contributed by atoms with Crippen LogP contribution in [-0.4, -0.2) is 53.9 Å². The van der Waals surface area contributed by atoms with Crippen molar-refractivity contribution in [2.24, 2.45) is 5.41 Å². The summed E-state index contributed by atoms with van der Waals surface area (Å²) in [5.74, 6) is 1.50. The molecule has 6 heteroatoms. The number of hydrogen-bond acceptors (Lipinski definition) is 6. The molecule has 4 rings (SSSR count). The average Bonchev–Trinajstić information content (AvgIpc) is 2.62. The third-order valence-electron chi connectivity index (χ3n) is 5.64. The van der Waals surface area contributed by atoms with Crippen molar-refractivity contribution in [2.75, 3.05) is 43.4 Å². The van der Waals surface area contributed by atoms with Gasteiger partial charge in [-0.2, -0.15) is 4.98 Å². The minimum absolute atomic E-state index is 0.0705. The molecular weight excluding hydrogens is 350 g/mol. The lowest BCUT2D eigenvalue weighted by Gasteiger charge is -2.35. The van der Waals surface area contributed by atoms with Gasteiger partial charge in [0.2, 0.25) is 5.95 Å². The standard InChI is InChI=1S/C22H29N5O/c1-15-5-7-16(8-6-15)23-20-19-17(13-22(2,3)14-18(19)28)24-21(25-20)27-11-9-26(4)10-12-27/h5-8H,9-14H2,1-4H3,(H,23,24,25). The van der Waals surface area contributed by atoms with Gasteiger partial charge in [0.05, 0.1) is 11.3 Å². The van der Waals surface area contributed by atoms with Gasteiger partial charge in [0.1, 0.15) is 5.82 Å². The van der Waals surface area contributed by atoms with Crippen LogP contribution in [0.2, 0.25) is 0 Å². The number of piperazine rings is 1. The van der Waals surface area contributed by atoms with E-state index >= 15 is 0 Å². The summed E-state index contributed by atoms with van der Waals surface area (Å²) in [6.45, 7) is 10.1. The quantitative estimate of drug-likeness (QED) is 0.882. The third kappa shape index (κ3) is 3.87. The minimum Gasteiger partial charge on any atom is -0.339 e. The SMILES string of the molecule is Cc1ccc(Nc2nc(N3CCN(C)CC3)nc3c2C(=O)CC(C)(C)C3)cc1. The maximum absolute atomic E-state index is 13.0. The van der Waals surface area contributed by atoms with Gasteiger partial charge in [-0.25, -0.2) is 4.98 Å². The number of anilines is 3. The van der Waals surface area contributed by atoms with E-state index in [1.807, 2.05) is 12.1 Å². The number of nitrogens with zero attached hydrogens (tertiary/aromatic N) is 4. The molecular formula is C22H29N5O. The van der Waals surface area contributed by atoms with E-state index in [1.54, 1.807) is 0 Å². The lowest BCUT2D eigenvalue weighted by atomic mass is 9.75. The molecule has 28 heavy (non-hydrogen) atoms. The molecule has 0 unspecified atom stereocenters. The Balaban J connectivity index is 1.75. The van der Waals surface area contributed by atoms with E-state index in [1.165, 1.54) is 5.56 Å². The highest BCUT2D eigenvalue weighted by Gasteiger charge is 2.35. The van der Waals surface area contributed by atoms with Crippen molar-refractivity contribution in [3.63, 3.8) is 0 Å². The highest BCUT2D eigenvalue weighted by molar-refractivity contribution is 6.03. The van der Waals surface area contributed by atoms with E-state index in [9.17, 15) is 4.79 Å².